The molecule has 2 aliphatic rings. The number of nitrogens with two attached hydrogens (primary N) is 3. The van der Waals surface area contributed by atoms with Gasteiger partial charge in [-0.3, -0.25) is 72.1 Å². The Hall–Kier alpha value is -9.05. The zero-order chi connectivity index (χ0) is 72.9. The number of aliphatic carboxylic acids is 2. The second kappa shape index (κ2) is 40.6. The van der Waals surface area contributed by atoms with E-state index in [1.807, 2.05) is 13.8 Å². The molecule has 2 aliphatic heterocycles. The molecule has 20 N–H and O–H groups in total. The summed E-state index contributed by atoms with van der Waals surface area (Å²) < 4.78 is 0. The van der Waals surface area contributed by atoms with Crippen LogP contribution < -0.4 is 75.7 Å². The monoisotopic (exact) mass is 1390 g/mol. The number of amides is 12. The van der Waals surface area contributed by atoms with Gasteiger partial charge in [0, 0.05) is 43.5 Å². The van der Waals surface area contributed by atoms with Crippen LogP contribution in [0, 0.1) is 23.7 Å². The predicted molar refractivity (Wildman–Crippen MR) is 360 cm³/mol. The average molecular weight is 1390 g/mol. The first-order chi connectivity index (χ1) is 46.3. The van der Waals surface area contributed by atoms with Gasteiger partial charge in [-0.05, 0) is 80.7 Å². The van der Waals surface area contributed by atoms with E-state index >= 15 is 0 Å². The van der Waals surface area contributed by atoms with Gasteiger partial charge >= 0.3 is 11.9 Å². The molecule has 542 valence electrons. The number of aliphatic imine (C=N–C) groups is 1. The van der Waals surface area contributed by atoms with Crippen molar-refractivity contribution >= 4 is 99.6 Å². The normalized spacial score (nSPS) is 22.8. The number of carboxylic acids is 2. The van der Waals surface area contributed by atoms with Crippen LogP contribution in [-0.4, -0.2) is 199 Å². The first-order valence-corrected chi connectivity index (χ1v) is 34.0. The molecule has 0 spiro atoms. The molecule has 10 unspecified atom stereocenters. The number of aromatic nitrogens is 2. The lowest BCUT2D eigenvalue weighted by Crippen LogP contribution is -2.62. The van der Waals surface area contributed by atoms with Gasteiger partial charge in [-0.25, -0.2) is 4.98 Å². The van der Waals surface area contributed by atoms with Gasteiger partial charge in [-0.1, -0.05) is 92.1 Å². The molecule has 1 saturated heterocycles. The molecule has 1 fully saturated rings. The van der Waals surface area contributed by atoms with Crippen LogP contribution in [0.4, 0.5) is 0 Å². The summed E-state index contributed by atoms with van der Waals surface area (Å²) in [5.41, 5.74) is 18.6. The Labute approximate surface area is 573 Å². The first-order valence-electron chi connectivity index (χ1n) is 33.0. The van der Waals surface area contributed by atoms with Gasteiger partial charge in [0.15, 0.2) is 0 Å². The molecule has 2 aromatic rings. The van der Waals surface area contributed by atoms with E-state index in [1.54, 1.807) is 71.9 Å². The van der Waals surface area contributed by atoms with Crippen molar-refractivity contribution in [2.24, 2.45) is 45.9 Å². The first kappa shape index (κ1) is 81.4. The molecular formula is C64H99N17O16S. The highest BCUT2D eigenvalue weighted by atomic mass is 32.2. The number of hydrogen-bond donors (Lipinski definition) is 17. The second-order valence-electron chi connectivity index (χ2n) is 25.7. The van der Waals surface area contributed by atoms with E-state index in [0.29, 0.717) is 16.3 Å². The Bertz CT molecular complexity index is 3120. The van der Waals surface area contributed by atoms with E-state index in [4.69, 9.17) is 17.2 Å². The maximum absolute atomic E-state index is 14.8. The number of carbonyl (C=O) groups is 14. The fourth-order valence-electron chi connectivity index (χ4n) is 10.5. The molecule has 0 saturated carbocycles. The Morgan fingerprint density at radius 2 is 1.29 bits per heavy atom. The molecule has 4 rings (SSSR count). The number of carbonyl (C=O) groups excluding carboxylic acids is 12. The van der Waals surface area contributed by atoms with Gasteiger partial charge in [0.05, 0.1) is 30.3 Å². The highest BCUT2D eigenvalue weighted by Gasteiger charge is 2.39. The van der Waals surface area contributed by atoms with E-state index in [-0.39, 0.29) is 82.0 Å². The summed E-state index contributed by atoms with van der Waals surface area (Å²) in [6.07, 6.45) is -0.181. The Morgan fingerprint density at radius 3 is 1.87 bits per heavy atom. The number of nitrogens with one attached hydrogen (secondary N) is 12. The molecule has 98 heavy (non-hydrogen) atoms. The number of benzene rings is 1. The second-order valence-corrected chi connectivity index (χ2v) is 26.7. The molecule has 0 bridgehead atoms. The number of carboxylic acid groups (broad SMARTS) is 2. The molecule has 1 aromatic carbocycles. The summed E-state index contributed by atoms with van der Waals surface area (Å²) in [7, 11) is 0. The number of hydrogen-bond acceptors (Lipinski definition) is 19. The summed E-state index contributed by atoms with van der Waals surface area (Å²) in [5, 5.41) is 48.7. The number of imidazole rings is 1. The van der Waals surface area contributed by atoms with Crippen molar-refractivity contribution in [3.8, 4) is 0 Å². The van der Waals surface area contributed by atoms with Gasteiger partial charge in [0.2, 0.25) is 70.9 Å². The van der Waals surface area contributed by atoms with Gasteiger partial charge in [-0.2, -0.15) is 0 Å². The van der Waals surface area contributed by atoms with Crippen LogP contribution in [-0.2, 0) is 80.0 Å². The summed E-state index contributed by atoms with van der Waals surface area (Å²) in [6, 6.07) is -8.40. The minimum atomic E-state index is -1.94. The SMILES string of the molecule is CC[C@H](C)[C@H](N)C1=N[C@H](C(=O)NC(CC(C)C)C(=O)NC(CCC(=O)O)C(=O)NC(C(=O)NC2CCCCNC(=O)C(CC(N)=O)NC(=O)C(CC(=O)O)NC(=O)C(Cc3cnc[nH]3)NC(=O)C(Cc3ccccc3)NC(=O)C(C(C)C)NC(=O)C(CCCN)NC2=O)C(C)C)CS1. The van der Waals surface area contributed by atoms with Crippen molar-refractivity contribution in [3.63, 3.8) is 0 Å². The van der Waals surface area contributed by atoms with E-state index in [1.165, 1.54) is 24.3 Å². The summed E-state index contributed by atoms with van der Waals surface area (Å²) in [4.78, 5) is 205. The van der Waals surface area contributed by atoms with Crippen molar-refractivity contribution in [1.29, 1.82) is 0 Å². The van der Waals surface area contributed by atoms with Gasteiger partial charge in [0.1, 0.15) is 66.5 Å². The van der Waals surface area contributed by atoms with Crippen LogP contribution in [0.15, 0.2) is 47.8 Å². The zero-order valence-electron chi connectivity index (χ0n) is 56.7. The minimum Gasteiger partial charge on any atom is -0.481 e. The lowest BCUT2D eigenvalue weighted by Gasteiger charge is -2.30. The zero-order valence-corrected chi connectivity index (χ0v) is 57.6. The minimum absolute atomic E-state index is 0.00113. The Morgan fingerprint density at radius 1 is 0.684 bits per heavy atom. The fraction of sp³-hybridized carbons (Fsp3) is 0.625. The summed E-state index contributed by atoms with van der Waals surface area (Å²) in [5.74, 6) is -15.6. The molecular weight excluding hydrogens is 1290 g/mol. The molecule has 1 aromatic heterocycles. The number of H-pyrrole nitrogens is 1. The third kappa shape index (κ3) is 27.1. The van der Waals surface area contributed by atoms with Crippen molar-refractivity contribution in [3.05, 3.63) is 54.1 Å². The molecule has 13 atom stereocenters. The molecule has 0 aliphatic carbocycles. The quantitative estimate of drug-likeness (QED) is 0.0402. The fourth-order valence-corrected chi connectivity index (χ4v) is 11.7. The van der Waals surface area contributed by atoms with Crippen LogP contribution >= 0.6 is 11.8 Å². The highest BCUT2D eigenvalue weighted by molar-refractivity contribution is 8.14. The van der Waals surface area contributed by atoms with Crippen molar-refractivity contribution in [2.75, 3.05) is 18.8 Å². The molecule has 12 amide bonds. The number of aromatic amines is 1. The summed E-state index contributed by atoms with van der Waals surface area (Å²) >= 11 is 1.34. The van der Waals surface area contributed by atoms with E-state index in [9.17, 15) is 77.3 Å². The third-order valence-electron chi connectivity index (χ3n) is 16.4. The van der Waals surface area contributed by atoms with Crippen molar-refractivity contribution in [1.82, 2.24) is 68.5 Å². The standard InChI is InChI=1S/C64H99N17O16S/c1-9-35(8)50(67)64-79-46(30-98-64)61(95)74-41(24-32(2)3)57(91)72-40(20-21-48(83)84)56(90)81-51(33(4)5)62(96)73-38-18-13-14-23-69-53(87)44(27-47(66)82)76-60(94)45(28-49(85)86)77-59(93)43(26-37-29-68-31-70-37)75-58(92)42(25-36-16-11-10-12-17-36)78-63(97)52(34(6)7)80-55(89)39(19-15-22-65)71-54(38)88/h10-12,16-17,29,31-35,38-46,50-52H,9,13-15,18-28,30,65,67H2,1-8H3,(H2,66,82)(H,68,70)(H,69,87)(H,71,88)(H,72,91)(H,73,96)(H,74,95)(H,75,92)(H,76,94)(H,77,93)(H,78,97)(H,80,89)(H,81,90)(H,83,84)(H,85,86)/t35-,38?,39?,40?,41?,42?,43?,44?,45?,46-,50-,51?,52?/m0/s1. The van der Waals surface area contributed by atoms with Crippen LogP contribution in [0.3, 0.4) is 0 Å². The highest BCUT2D eigenvalue weighted by Crippen LogP contribution is 2.24. The smallest absolute Gasteiger partial charge is 0.305 e. The maximum Gasteiger partial charge on any atom is 0.305 e. The van der Waals surface area contributed by atoms with Crippen molar-refractivity contribution < 1.29 is 77.3 Å². The van der Waals surface area contributed by atoms with Gasteiger partial charge in [0.25, 0.3) is 0 Å². The maximum atomic E-state index is 14.8. The number of rotatable bonds is 29. The van der Waals surface area contributed by atoms with Crippen LogP contribution in [0.5, 0.6) is 0 Å². The Balaban J connectivity index is 1.74. The Kier molecular flexibility index (Phi) is 33.7. The summed E-state index contributed by atoms with van der Waals surface area (Å²) in [6.45, 7) is 13.7. The number of nitrogens with zero attached hydrogens (tertiary/aromatic N) is 2. The lowest BCUT2D eigenvalue weighted by molar-refractivity contribution is -0.142. The van der Waals surface area contributed by atoms with Crippen LogP contribution in [0.1, 0.15) is 137 Å². The van der Waals surface area contributed by atoms with Gasteiger partial charge in [-0.15, -0.1) is 11.8 Å². The van der Waals surface area contributed by atoms with Crippen molar-refractivity contribution in [2.45, 2.75) is 211 Å². The molecule has 33 nitrogen and oxygen atoms in total. The third-order valence-corrected chi connectivity index (χ3v) is 17.5. The number of thioether (sulfide) groups is 1. The lowest BCUT2D eigenvalue weighted by atomic mass is 9.99. The van der Waals surface area contributed by atoms with Crippen LogP contribution in [0.2, 0.25) is 0 Å². The van der Waals surface area contributed by atoms with Gasteiger partial charge < -0.3 is 90.9 Å². The van der Waals surface area contributed by atoms with Crippen LogP contribution in [0.25, 0.3) is 0 Å². The molecule has 0 radical (unpaired) electrons. The van der Waals surface area contributed by atoms with E-state index in [2.05, 4.69) is 73.4 Å². The largest absolute Gasteiger partial charge is 0.481 e. The molecule has 34 heteroatoms. The number of primary amides is 1. The molecule has 3 heterocycles. The average Bonchev–Trinajstić information content (AvgIpc) is 1.89. The topological polar surface area (TPSA) is 531 Å². The predicted octanol–water partition coefficient (Wildman–Crippen LogP) is -2.46. The van der Waals surface area contributed by atoms with E-state index in [0.717, 1.165) is 6.42 Å². The van der Waals surface area contributed by atoms with E-state index < -0.39 is 193 Å².